The molecule has 4 rings (SSSR count). The summed E-state index contributed by atoms with van der Waals surface area (Å²) in [5.74, 6) is -0.574. The summed E-state index contributed by atoms with van der Waals surface area (Å²) in [6.45, 7) is 4.92. The number of ether oxygens (including phenoxy) is 1. The third-order valence-corrected chi connectivity index (χ3v) is 5.06. The number of benzene rings is 2. The van der Waals surface area contributed by atoms with Crippen molar-refractivity contribution in [1.82, 2.24) is 4.90 Å². The number of rotatable bonds is 3. The average Bonchev–Trinajstić information content (AvgIpc) is 3.29. The first-order valence-corrected chi connectivity index (χ1v) is 8.97. The molecule has 0 saturated carbocycles. The van der Waals surface area contributed by atoms with E-state index in [-0.39, 0.29) is 11.7 Å². The Morgan fingerprint density at radius 3 is 2.58 bits per heavy atom. The maximum atomic E-state index is 12.6. The van der Waals surface area contributed by atoms with E-state index in [0.717, 1.165) is 47.7 Å². The molecule has 3 aromatic rings. The van der Waals surface area contributed by atoms with Crippen LogP contribution >= 0.6 is 0 Å². The lowest BCUT2D eigenvalue weighted by atomic mass is 10.1. The molecule has 0 radical (unpaired) electrons. The van der Waals surface area contributed by atoms with Gasteiger partial charge in [0.2, 0.25) is 5.76 Å². The molecule has 0 spiro atoms. The fourth-order valence-electron chi connectivity index (χ4n) is 3.60. The number of hydrogen-bond donors (Lipinski definition) is 0. The number of fused-ring (bicyclic) bond motifs is 3. The molecule has 1 aromatic heterocycles. The molecule has 0 aliphatic carbocycles. The van der Waals surface area contributed by atoms with Gasteiger partial charge in [0.1, 0.15) is 5.58 Å². The minimum atomic E-state index is -0.815. The number of aryl methyl sites for hydroxylation is 1. The minimum Gasteiger partial charge on any atom is -0.448 e. The summed E-state index contributed by atoms with van der Waals surface area (Å²) in [6, 6.07) is 11.8. The number of amides is 1. The topological polar surface area (TPSA) is 59.8 Å². The number of carbonyl (C=O) groups is 2. The van der Waals surface area contributed by atoms with E-state index >= 15 is 0 Å². The van der Waals surface area contributed by atoms with Crippen molar-refractivity contribution < 1.29 is 18.7 Å². The number of carbonyl (C=O) groups excluding carboxylic acids is 2. The fraction of sp³-hybridized carbons (Fsp3) is 0.333. The van der Waals surface area contributed by atoms with Crippen molar-refractivity contribution in [2.24, 2.45) is 0 Å². The van der Waals surface area contributed by atoms with E-state index in [1.165, 1.54) is 0 Å². The molecule has 2 aromatic carbocycles. The Kier molecular flexibility index (Phi) is 4.15. The van der Waals surface area contributed by atoms with E-state index in [1.54, 1.807) is 11.8 Å². The Morgan fingerprint density at radius 1 is 1.08 bits per heavy atom. The lowest BCUT2D eigenvalue weighted by Gasteiger charge is -2.20. The normalized spacial score (nSPS) is 15.5. The summed E-state index contributed by atoms with van der Waals surface area (Å²) in [4.78, 5) is 26.7. The quantitative estimate of drug-likeness (QED) is 0.668. The minimum absolute atomic E-state index is 0.143. The highest BCUT2D eigenvalue weighted by Crippen LogP contribution is 2.32. The van der Waals surface area contributed by atoms with Crippen LogP contribution in [-0.2, 0) is 9.53 Å². The summed E-state index contributed by atoms with van der Waals surface area (Å²) in [5.41, 5.74) is 1.41. The molecule has 1 fully saturated rings. The van der Waals surface area contributed by atoms with E-state index in [0.29, 0.717) is 5.58 Å². The van der Waals surface area contributed by atoms with Crippen LogP contribution in [-0.4, -0.2) is 36.0 Å². The summed E-state index contributed by atoms with van der Waals surface area (Å²) >= 11 is 0. The van der Waals surface area contributed by atoms with E-state index in [2.05, 4.69) is 0 Å². The van der Waals surface area contributed by atoms with Gasteiger partial charge in [-0.3, -0.25) is 4.79 Å². The van der Waals surface area contributed by atoms with Gasteiger partial charge < -0.3 is 14.1 Å². The molecule has 5 nitrogen and oxygen atoms in total. The highest BCUT2D eigenvalue weighted by Gasteiger charge is 2.28. The Hall–Kier alpha value is -2.82. The van der Waals surface area contributed by atoms with Gasteiger partial charge in [0.05, 0.1) is 0 Å². The highest BCUT2D eigenvalue weighted by molar-refractivity contribution is 6.08. The molecular formula is C21H21NO4. The predicted molar refractivity (Wildman–Crippen MR) is 99.1 cm³/mol. The third kappa shape index (κ3) is 2.73. The van der Waals surface area contributed by atoms with Crippen LogP contribution < -0.4 is 0 Å². The first-order chi connectivity index (χ1) is 12.6. The summed E-state index contributed by atoms with van der Waals surface area (Å²) < 4.78 is 11.3. The van der Waals surface area contributed by atoms with Crippen LogP contribution in [0.5, 0.6) is 0 Å². The highest BCUT2D eigenvalue weighted by atomic mass is 16.6. The van der Waals surface area contributed by atoms with Gasteiger partial charge in [-0.25, -0.2) is 4.79 Å². The van der Waals surface area contributed by atoms with Gasteiger partial charge in [-0.2, -0.15) is 0 Å². The lowest BCUT2D eigenvalue weighted by Crippen LogP contribution is -2.38. The molecular weight excluding hydrogens is 330 g/mol. The second-order valence-electron chi connectivity index (χ2n) is 6.80. The van der Waals surface area contributed by atoms with Gasteiger partial charge in [0.15, 0.2) is 6.10 Å². The van der Waals surface area contributed by atoms with Crippen LogP contribution in [0.2, 0.25) is 0 Å². The number of furan rings is 1. The summed E-state index contributed by atoms with van der Waals surface area (Å²) in [7, 11) is 0. The molecule has 26 heavy (non-hydrogen) atoms. The van der Waals surface area contributed by atoms with Crippen LogP contribution in [0.1, 0.15) is 35.9 Å². The second-order valence-corrected chi connectivity index (χ2v) is 6.80. The van der Waals surface area contributed by atoms with Crippen LogP contribution in [0, 0.1) is 6.92 Å². The molecule has 134 valence electrons. The van der Waals surface area contributed by atoms with Gasteiger partial charge in [0, 0.05) is 29.4 Å². The van der Waals surface area contributed by atoms with Gasteiger partial charge in [0.25, 0.3) is 5.91 Å². The maximum Gasteiger partial charge on any atom is 0.375 e. The third-order valence-electron chi connectivity index (χ3n) is 5.06. The first-order valence-electron chi connectivity index (χ1n) is 8.97. The molecule has 1 aliphatic heterocycles. The summed E-state index contributed by atoms with van der Waals surface area (Å²) in [5, 5.41) is 2.88. The molecule has 1 aliphatic rings. The fourth-order valence-corrected chi connectivity index (χ4v) is 3.60. The number of nitrogens with zero attached hydrogens (tertiary/aromatic N) is 1. The first kappa shape index (κ1) is 16.6. The van der Waals surface area contributed by atoms with E-state index in [1.807, 2.05) is 43.3 Å². The Bertz CT molecular complexity index is 998. The van der Waals surface area contributed by atoms with Crippen molar-refractivity contribution in [3.8, 4) is 0 Å². The van der Waals surface area contributed by atoms with E-state index < -0.39 is 12.1 Å². The number of esters is 1. The van der Waals surface area contributed by atoms with Gasteiger partial charge >= 0.3 is 5.97 Å². The summed E-state index contributed by atoms with van der Waals surface area (Å²) in [6.07, 6.45) is 1.19. The van der Waals surface area contributed by atoms with E-state index in [9.17, 15) is 9.59 Å². The van der Waals surface area contributed by atoms with Crippen molar-refractivity contribution in [2.45, 2.75) is 32.8 Å². The maximum absolute atomic E-state index is 12.6. The lowest BCUT2D eigenvalue weighted by molar-refractivity contribution is -0.138. The Morgan fingerprint density at radius 2 is 1.81 bits per heavy atom. The van der Waals surface area contributed by atoms with Crippen LogP contribution in [0.25, 0.3) is 21.7 Å². The largest absolute Gasteiger partial charge is 0.448 e. The van der Waals surface area contributed by atoms with Crippen molar-refractivity contribution in [3.05, 3.63) is 47.7 Å². The zero-order valence-corrected chi connectivity index (χ0v) is 15.0. The molecule has 0 N–H and O–H groups in total. The number of hydrogen-bond acceptors (Lipinski definition) is 4. The Balaban J connectivity index is 1.63. The molecule has 1 saturated heterocycles. The zero-order chi connectivity index (χ0) is 18.3. The van der Waals surface area contributed by atoms with Crippen LogP contribution in [0.15, 0.2) is 40.8 Å². The molecule has 0 bridgehead atoms. The monoisotopic (exact) mass is 351 g/mol. The standard InChI is InChI=1S/C21H21NO4/c1-13-16-10-9-15-7-3-4-8-17(15)19(16)26-18(13)21(24)25-14(2)20(23)22-11-5-6-12-22/h3-4,7-10,14H,5-6,11-12H2,1-2H3/t14-/m1/s1. The molecule has 1 atom stereocenters. The van der Waals surface area contributed by atoms with Crippen molar-refractivity contribution in [3.63, 3.8) is 0 Å². The van der Waals surface area contributed by atoms with Crippen molar-refractivity contribution in [2.75, 3.05) is 13.1 Å². The van der Waals surface area contributed by atoms with Gasteiger partial charge in [-0.15, -0.1) is 0 Å². The smallest absolute Gasteiger partial charge is 0.375 e. The zero-order valence-electron chi connectivity index (χ0n) is 15.0. The molecule has 1 amide bonds. The van der Waals surface area contributed by atoms with Crippen LogP contribution in [0.4, 0.5) is 0 Å². The van der Waals surface area contributed by atoms with E-state index in [4.69, 9.17) is 9.15 Å². The van der Waals surface area contributed by atoms with Crippen molar-refractivity contribution in [1.29, 1.82) is 0 Å². The molecule has 5 heteroatoms. The predicted octanol–water partition coefficient (Wildman–Crippen LogP) is 4.06. The number of likely N-dealkylation sites (tertiary alicyclic amines) is 1. The SMILES string of the molecule is Cc1c(C(=O)O[C@H](C)C(=O)N2CCCC2)oc2c1ccc1ccccc12. The van der Waals surface area contributed by atoms with Crippen molar-refractivity contribution >= 4 is 33.6 Å². The average molecular weight is 351 g/mol. The van der Waals surface area contributed by atoms with Gasteiger partial charge in [-0.05, 0) is 32.1 Å². The van der Waals surface area contributed by atoms with Crippen LogP contribution in [0.3, 0.4) is 0 Å². The second kappa shape index (κ2) is 6.48. The molecule has 0 unspecified atom stereocenters. The molecule has 2 heterocycles. The van der Waals surface area contributed by atoms with Gasteiger partial charge in [-0.1, -0.05) is 36.4 Å². The Labute approximate surface area is 151 Å².